The van der Waals surface area contributed by atoms with Gasteiger partial charge < -0.3 is 19.6 Å². The number of aromatic nitrogens is 3. The molecule has 1 unspecified atom stereocenters. The van der Waals surface area contributed by atoms with Gasteiger partial charge in [0.05, 0.1) is 18.8 Å². The number of hydrogen-bond donors (Lipinski definition) is 2. The van der Waals surface area contributed by atoms with Crippen LogP contribution in [0, 0.1) is 0 Å². The molecule has 1 aliphatic rings. The van der Waals surface area contributed by atoms with Crippen LogP contribution in [-0.2, 0) is 13.1 Å². The summed E-state index contributed by atoms with van der Waals surface area (Å²) < 4.78 is 7.45. The molecule has 1 saturated heterocycles. The largest absolute Gasteiger partial charge is 0.468 e. The van der Waals surface area contributed by atoms with E-state index < -0.39 is 0 Å². The molecule has 24 heavy (non-hydrogen) atoms. The maximum atomic E-state index is 12.1. The van der Waals surface area contributed by atoms with Crippen LogP contribution in [0.25, 0.3) is 0 Å². The number of carbonyl (C=O) groups excluding carboxylic acids is 1. The van der Waals surface area contributed by atoms with Crippen LogP contribution in [0.3, 0.4) is 0 Å². The van der Waals surface area contributed by atoms with Gasteiger partial charge in [-0.3, -0.25) is 4.90 Å². The van der Waals surface area contributed by atoms with Crippen LogP contribution >= 0.6 is 0 Å². The number of nitrogens with one attached hydrogen (secondary N) is 2. The number of hydrogen-bond acceptors (Lipinski definition) is 5. The van der Waals surface area contributed by atoms with Crippen LogP contribution in [0.4, 0.5) is 4.79 Å². The highest BCUT2D eigenvalue weighted by atomic mass is 16.3. The lowest BCUT2D eigenvalue weighted by Crippen LogP contribution is -2.41. The van der Waals surface area contributed by atoms with Crippen molar-refractivity contribution in [1.29, 1.82) is 0 Å². The lowest BCUT2D eigenvalue weighted by atomic mass is 10.2. The Balaban J connectivity index is 1.51. The molecular formula is C16H24N6O2. The van der Waals surface area contributed by atoms with E-state index in [4.69, 9.17) is 4.42 Å². The van der Waals surface area contributed by atoms with Gasteiger partial charge in [0, 0.05) is 13.1 Å². The number of nitrogens with zero attached hydrogens (tertiary/aromatic N) is 4. The third-order valence-electron chi connectivity index (χ3n) is 4.35. The molecule has 0 bridgehead atoms. The minimum atomic E-state index is -0.212. The summed E-state index contributed by atoms with van der Waals surface area (Å²) in [5.41, 5.74) is 0. The molecule has 2 N–H and O–H groups in total. The van der Waals surface area contributed by atoms with Gasteiger partial charge in [-0.1, -0.05) is 0 Å². The number of furan rings is 1. The monoisotopic (exact) mass is 332 g/mol. The fourth-order valence-electron chi connectivity index (χ4n) is 3.03. The summed E-state index contributed by atoms with van der Waals surface area (Å²) in [6.07, 6.45) is 5.72. The van der Waals surface area contributed by atoms with Crippen molar-refractivity contribution in [2.75, 3.05) is 19.6 Å². The normalized spacial score (nSPS) is 16.2. The Kier molecular flexibility index (Phi) is 5.47. The first-order chi connectivity index (χ1) is 11.8. The lowest BCUT2D eigenvalue weighted by Gasteiger charge is -2.26. The zero-order valence-electron chi connectivity index (χ0n) is 13.9. The van der Waals surface area contributed by atoms with E-state index in [1.165, 1.54) is 12.8 Å². The summed E-state index contributed by atoms with van der Waals surface area (Å²) in [5.74, 6) is 1.64. The van der Waals surface area contributed by atoms with E-state index in [9.17, 15) is 4.79 Å². The van der Waals surface area contributed by atoms with Crippen LogP contribution in [0.2, 0.25) is 0 Å². The molecule has 2 aromatic heterocycles. The summed E-state index contributed by atoms with van der Waals surface area (Å²) in [6.45, 7) is 5.73. The SMILES string of the molecule is CCn1cnnc1CNC(=O)NCC(c1ccco1)N1CCCC1. The highest BCUT2D eigenvalue weighted by Gasteiger charge is 2.25. The zero-order valence-corrected chi connectivity index (χ0v) is 13.9. The Morgan fingerprint density at radius 2 is 2.21 bits per heavy atom. The molecular weight excluding hydrogens is 308 g/mol. The third kappa shape index (κ3) is 3.94. The molecule has 0 saturated carbocycles. The van der Waals surface area contributed by atoms with Crippen molar-refractivity contribution in [3.63, 3.8) is 0 Å². The smallest absolute Gasteiger partial charge is 0.315 e. The Hall–Kier alpha value is -2.35. The number of aryl methyl sites for hydroxylation is 1. The van der Waals surface area contributed by atoms with E-state index in [0.29, 0.717) is 13.1 Å². The molecule has 3 rings (SSSR count). The zero-order chi connectivity index (χ0) is 16.8. The Bertz CT molecular complexity index is 633. The lowest BCUT2D eigenvalue weighted by molar-refractivity contribution is 0.203. The molecule has 1 fully saturated rings. The molecule has 0 aliphatic carbocycles. The van der Waals surface area contributed by atoms with E-state index in [1.54, 1.807) is 12.6 Å². The summed E-state index contributed by atoms with van der Waals surface area (Å²) >= 11 is 0. The molecule has 0 radical (unpaired) electrons. The first kappa shape index (κ1) is 16.5. The van der Waals surface area contributed by atoms with Crippen molar-refractivity contribution in [3.05, 3.63) is 36.3 Å². The first-order valence-corrected chi connectivity index (χ1v) is 8.43. The quantitative estimate of drug-likeness (QED) is 0.803. The first-order valence-electron chi connectivity index (χ1n) is 8.43. The van der Waals surface area contributed by atoms with Crippen molar-refractivity contribution < 1.29 is 9.21 Å². The van der Waals surface area contributed by atoms with Gasteiger partial charge in [0.25, 0.3) is 0 Å². The van der Waals surface area contributed by atoms with Crippen molar-refractivity contribution in [2.24, 2.45) is 0 Å². The molecule has 3 heterocycles. The minimum Gasteiger partial charge on any atom is -0.468 e. The van der Waals surface area contributed by atoms with E-state index >= 15 is 0 Å². The van der Waals surface area contributed by atoms with Gasteiger partial charge in [-0.15, -0.1) is 10.2 Å². The van der Waals surface area contributed by atoms with E-state index in [0.717, 1.165) is 31.2 Å². The summed E-state index contributed by atoms with van der Waals surface area (Å²) in [5, 5.41) is 13.6. The van der Waals surface area contributed by atoms with Gasteiger partial charge in [-0.25, -0.2) is 4.79 Å². The maximum Gasteiger partial charge on any atom is 0.315 e. The van der Waals surface area contributed by atoms with Gasteiger partial charge in [-0.2, -0.15) is 0 Å². The highest BCUT2D eigenvalue weighted by Crippen LogP contribution is 2.24. The van der Waals surface area contributed by atoms with Crippen molar-refractivity contribution in [2.45, 2.75) is 38.9 Å². The van der Waals surface area contributed by atoms with Gasteiger partial charge in [0.2, 0.25) is 0 Å². The summed E-state index contributed by atoms with van der Waals surface area (Å²) in [7, 11) is 0. The molecule has 130 valence electrons. The number of rotatable bonds is 7. The predicted octanol–water partition coefficient (Wildman–Crippen LogP) is 1.53. The van der Waals surface area contributed by atoms with Crippen LogP contribution in [0.1, 0.15) is 37.4 Å². The van der Waals surface area contributed by atoms with Crippen LogP contribution in [0.15, 0.2) is 29.1 Å². The van der Waals surface area contributed by atoms with Crippen molar-refractivity contribution >= 4 is 6.03 Å². The number of likely N-dealkylation sites (tertiary alicyclic amines) is 1. The molecule has 0 spiro atoms. The maximum absolute atomic E-state index is 12.1. The molecule has 0 aromatic carbocycles. The molecule has 2 amide bonds. The predicted molar refractivity (Wildman–Crippen MR) is 88.2 cm³/mol. The Labute approximate surface area is 141 Å². The van der Waals surface area contributed by atoms with Gasteiger partial charge in [0.1, 0.15) is 12.1 Å². The topological polar surface area (TPSA) is 88.2 Å². The second-order valence-corrected chi connectivity index (χ2v) is 5.87. The standard InChI is InChI=1S/C16H24N6O2/c1-2-21-12-19-20-15(21)11-18-16(23)17-10-13(14-6-5-9-24-14)22-7-3-4-8-22/h5-6,9,12-13H,2-4,7-8,10-11H2,1H3,(H2,17,18,23). The fraction of sp³-hybridized carbons (Fsp3) is 0.562. The number of urea groups is 1. The van der Waals surface area contributed by atoms with Crippen molar-refractivity contribution in [1.82, 2.24) is 30.3 Å². The van der Waals surface area contributed by atoms with Gasteiger partial charge in [0.15, 0.2) is 5.82 Å². The summed E-state index contributed by atoms with van der Waals surface area (Å²) in [6, 6.07) is 3.71. The number of carbonyl (C=O) groups is 1. The van der Waals surface area contributed by atoms with E-state index in [-0.39, 0.29) is 12.1 Å². The van der Waals surface area contributed by atoms with Crippen LogP contribution in [0.5, 0.6) is 0 Å². The second-order valence-electron chi connectivity index (χ2n) is 5.87. The van der Waals surface area contributed by atoms with Crippen LogP contribution < -0.4 is 10.6 Å². The van der Waals surface area contributed by atoms with Gasteiger partial charge >= 0.3 is 6.03 Å². The van der Waals surface area contributed by atoms with E-state index in [2.05, 4.69) is 25.7 Å². The van der Waals surface area contributed by atoms with Crippen molar-refractivity contribution in [3.8, 4) is 0 Å². The third-order valence-corrected chi connectivity index (χ3v) is 4.35. The Morgan fingerprint density at radius 1 is 1.38 bits per heavy atom. The molecule has 2 aromatic rings. The highest BCUT2D eigenvalue weighted by molar-refractivity contribution is 5.73. The average molecular weight is 332 g/mol. The molecule has 8 nitrogen and oxygen atoms in total. The average Bonchev–Trinajstić information content (AvgIpc) is 3.34. The Morgan fingerprint density at radius 3 is 2.92 bits per heavy atom. The molecule has 1 atom stereocenters. The fourth-order valence-corrected chi connectivity index (χ4v) is 3.03. The molecule has 8 heteroatoms. The van der Waals surface area contributed by atoms with Crippen LogP contribution in [-0.4, -0.2) is 45.3 Å². The van der Waals surface area contributed by atoms with E-state index in [1.807, 2.05) is 23.6 Å². The summed E-state index contributed by atoms with van der Waals surface area (Å²) in [4.78, 5) is 14.5. The second kappa shape index (κ2) is 7.96. The molecule has 1 aliphatic heterocycles. The number of amides is 2. The van der Waals surface area contributed by atoms with Gasteiger partial charge in [-0.05, 0) is 45.0 Å². The minimum absolute atomic E-state index is 0.0764.